The van der Waals surface area contributed by atoms with Crippen molar-refractivity contribution in [3.05, 3.63) is 54.0 Å². The summed E-state index contributed by atoms with van der Waals surface area (Å²) in [5.74, 6) is 0.715. The molecule has 0 aliphatic rings. The van der Waals surface area contributed by atoms with Gasteiger partial charge in [0.1, 0.15) is 6.33 Å². The molecule has 2 heterocycles. The van der Waals surface area contributed by atoms with Crippen LogP contribution in [-0.2, 0) is 6.54 Å². The largest absolute Gasteiger partial charge is 0.266 e. The third kappa shape index (κ3) is 2.13. The second-order valence-electron chi connectivity index (χ2n) is 4.11. The molecule has 6 nitrogen and oxygen atoms in total. The van der Waals surface area contributed by atoms with Gasteiger partial charge in [0.25, 0.3) is 0 Å². The molecule has 0 saturated heterocycles. The molecule has 0 amide bonds. The van der Waals surface area contributed by atoms with Gasteiger partial charge < -0.3 is 0 Å². The third-order valence-electron chi connectivity index (χ3n) is 2.68. The van der Waals surface area contributed by atoms with Crippen molar-refractivity contribution in [1.82, 2.24) is 30.0 Å². The molecule has 0 fully saturated rings. The quantitative estimate of drug-likeness (QED) is 0.690. The predicted octanol–water partition coefficient (Wildman–Crippen LogP) is 1.22. The van der Waals surface area contributed by atoms with Crippen molar-refractivity contribution < 1.29 is 0 Å². The van der Waals surface area contributed by atoms with Crippen molar-refractivity contribution in [3.63, 3.8) is 0 Å². The lowest BCUT2D eigenvalue weighted by Crippen LogP contribution is -2.03. The highest BCUT2D eigenvalue weighted by Crippen LogP contribution is 2.07. The zero-order chi connectivity index (χ0) is 12.4. The first-order valence-corrected chi connectivity index (χ1v) is 5.63. The maximum absolute atomic E-state index is 4.41. The van der Waals surface area contributed by atoms with Crippen LogP contribution < -0.4 is 0 Å². The maximum Gasteiger partial charge on any atom is 0.178 e. The smallest absolute Gasteiger partial charge is 0.178 e. The van der Waals surface area contributed by atoms with E-state index in [1.54, 1.807) is 0 Å². The van der Waals surface area contributed by atoms with Crippen molar-refractivity contribution in [3.8, 4) is 5.82 Å². The Morgan fingerprint density at radius 2 is 1.94 bits per heavy atom. The molecule has 0 bridgehead atoms. The van der Waals surface area contributed by atoms with Gasteiger partial charge in [0.05, 0.1) is 6.54 Å². The molecule has 6 heteroatoms. The van der Waals surface area contributed by atoms with Crippen LogP contribution in [0.15, 0.2) is 42.9 Å². The van der Waals surface area contributed by atoms with Gasteiger partial charge in [-0.25, -0.2) is 0 Å². The number of aryl methyl sites for hydroxylation is 1. The van der Waals surface area contributed by atoms with E-state index in [0.29, 0.717) is 5.82 Å². The molecule has 0 unspecified atom stereocenters. The summed E-state index contributed by atoms with van der Waals surface area (Å²) in [5, 5.41) is 15.4. The Labute approximate surface area is 104 Å². The Kier molecular flexibility index (Phi) is 2.60. The Hall–Kier alpha value is -2.50. The standard InChI is InChI=1S/C12H12N6/c1-10-2-4-11(5-3-10)8-17-7-6-12(14-17)18-9-13-15-16-18/h2-7,9H,8H2,1H3. The SMILES string of the molecule is Cc1ccc(Cn2ccc(-n3cnnn3)n2)cc1. The van der Waals surface area contributed by atoms with E-state index in [2.05, 4.69) is 51.8 Å². The van der Waals surface area contributed by atoms with E-state index >= 15 is 0 Å². The topological polar surface area (TPSA) is 61.4 Å². The van der Waals surface area contributed by atoms with E-state index in [-0.39, 0.29) is 0 Å². The zero-order valence-electron chi connectivity index (χ0n) is 9.93. The predicted molar refractivity (Wildman–Crippen MR) is 65.2 cm³/mol. The summed E-state index contributed by atoms with van der Waals surface area (Å²) in [6.07, 6.45) is 3.44. The fourth-order valence-corrected chi connectivity index (χ4v) is 1.71. The summed E-state index contributed by atoms with van der Waals surface area (Å²) in [6, 6.07) is 10.3. The van der Waals surface area contributed by atoms with Crippen molar-refractivity contribution in [2.45, 2.75) is 13.5 Å². The Balaban J connectivity index is 1.80. The van der Waals surface area contributed by atoms with E-state index in [4.69, 9.17) is 0 Å². The fourth-order valence-electron chi connectivity index (χ4n) is 1.71. The van der Waals surface area contributed by atoms with Gasteiger partial charge in [0, 0.05) is 12.3 Å². The number of rotatable bonds is 3. The number of aromatic nitrogens is 6. The summed E-state index contributed by atoms with van der Waals surface area (Å²) in [7, 11) is 0. The van der Waals surface area contributed by atoms with Gasteiger partial charge >= 0.3 is 0 Å². The van der Waals surface area contributed by atoms with E-state index in [1.165, 1.54) is 22.1 Å². The second kappa shape index (κ2) is 4.40. The van der Waals surface area contributed by atoms with Gasteiger partial charge in [0.15, 0.2) is 5.82 Å². The average Bonchev–Trinajstić information content (AvgIpc) is 3.02. The summed E-state index contributed by atoms with van der Waals surface area (Å²) < 4.78 is 3.40. The minimum absolute atomic E-state index is 0.715. The first-order chi connectivity index (χ1) is 8.81. The number of hydrogen-bond acceptors (Lipinski definition) is 4. The molecule has 2 aromatic heterocycles. The lowest BCUT2D eigenvalue weighted by atomic mass is 10.1. The summed E-state index contributed by atoms with van der Waals surface area (Å²) >= 11 is 0. The van der Waals surface area contributed by atoms with Gasteiger partial charge in [-0.2, -0.15) is 9.78 Å². The molecule has 0 radical (unpaired) electrons. The van der Waals surface area contributed by atoms with Gasteiger partial charge in [-0.3, -0.25) is 4.68 Å². The third-order valence-corrected chi connectivity index (χ3v) is 2.68. The van der Waals surface area contributed by atoms with E-state index in [9.17, 15) is 0 Å². The number of benzene rings is 1. The Bertz CT molecular complexity index is 623. The second-order valence-corrected chi connectivity index (χ2v) is 4.11. The van der Waals surface area contributed by atoms with Crippen LogP contribution in [0.2, 0.25) is 0 Å². The molecule has 90 valence electrons. The fraction of sp³-hybridized carbons (Fsp3) is 0.167. The molecule has 0 aliphatic carbocycles. The van der Waals surface area contributed by atoms with Crippen LogP contribution in [0.5, 0.6) is 0 Å². The van der Waals surface area contributed by atoms with Crippen molar-refractivity contribution in [2.75, 3.05) is 0 Å². The minimum Gasteiger partial charge on any atom is -0.266 e. The number of nitrogens with zero attached hydrogens (tertiary/aromatic N) is 6. The first kappa shape index (κ1) is 10.6. The molecule has 0 atom stereocenters. The summed E-state index contributed by atoms with van der Waals surface area (Å²) in [5.41, 5.74) is 2.47. The first-order valence-electron chi connectivity index (χ1n) is 5.63. The van der Waals surface area contributed by atoms with Gasteiger partial charge in [-0.1, -0.05) is 29.8 Å². The van der Waals surface area contributed by atoms with E-state index < -0.39 is 0 Å². The van der Waals surface area contributed by atoms with Crippen LogP contribution in [0.4, 0.5) is 0 Å². The number of hydrogen-bond donors (Lipinski definition) is 0. The van der Waals surface area contributed by atoms with Crippen LogP contribution in [0.25, 0.3) is 5.82 Å². The molecule has 0 N–H and O–H groups in total. The van der Waals surface area contributed by atoms with Gasteiger partial charge in [0.2, 0.25) is 0 Å². The molecule has 18 heavy (non-hydrogen) atoms. The molecule has 1 aromatic carbocycles. The lowest BCUT2D eigenvalue weighted by Gasteiger charge is -2.02. The molecule has 0 spiro atoms. The monoisotopic (exact) mass is 240 g/mol. The average molecular weight is 240 g/mol. The highest BCUT2D eigenvalue weighted by atomic mass is 15.5. The van der Waals surface area contributed by atoms with Crippen molar-refractivity contribution >= 4 is 0 Å². The van der Waals surface area contributed by atoms with Crippen molar-refractivity contribution in [1.29, 1.82) is 0 Å². The normalized spacial score (nSPS) is 10.7. The summed E-state index contributed by atoms with van der Waals surface area (Å²) in [4.78, 5) is 0. The van der Waals surface area contributed by atoms with Gasteiger partial charge in [-0.05, 0) is 22.9 Å². The van der Waals surface area contributed by atoms with Crippen molar-refractivity contribution in [2.24, 2.45) is 0 Å². The highest BCUT2D eigenvalue weighted by molar-refractivity contribution is 5.22. The maximum atomic E-state index is 4.41. The molecule has 0 aliphatic heterocycles. The molecular formula is C12H12N6. The van der Waals surface area contributed by atoms with Crippen LogP contribution in [0.1, 0.15) is 11.1 Å². The number of tetrazole rings is 1. The highest BCUT2D eigenvalue weighted by Gasteiger charge is 2.03. The van der Waals surface area contributed by atoms with Crippen LogP contribution >= 0.6 is 0 Å². The molecule has 3 rings (SSSR count). The Morgan fingerprint density at radius 1 is 1.11 bits per heavy atom. The van der Waals surface area contributed by atoms with Crippen LogP contribution in [0.3, 0.4) is 0 Å². The molecule has 0 saturated carbocycles. The molecule has 3 aromatic rings. The van der Waals surface area contributed by atoms with Crippen LogP contribution in [-0.4, -0.2) is 30.0 Å². The molecular weight excluding hydrogens is 228 g/mol. The van der Waals surface area contributed by atoms with Crippen LogP contribution in [0, 0.1) is 6.92 Å². The minimum atomic E-state index is 0.715. The van der Waals surface area contributed by atoms with Gasteiger partial charge in [-0.15, -0.1) is 5.10 Å². The zero-order valence-corrected chi connectivity index (χ0v) is 9.93. The van der Waals surface area contributed by atoms with E-state index in [0.717, 1.165) is 6.54 Å². The summed E-state index contributed by atoms with van der Waals surface area (Å²) in [6.45, 7) is 2.82. The lowest BCUT2D eigenvalue weighted by molar-refractivity contribution is 0.663. The van der Waals surface area contributed by atoms with E-state index in [1.807, 2.05) is 16.9 Å². The Morgan fingerprint density at radius 3 is 2.67 bits per heavy atom.